The first-order chi connectivity index (χ1) is 8.27. The fraction of sp³-hybridized carbons (Fsp3) is 0.333. The molecule has 0 aliphatic heterocycles. The van der Waals surface area contributed by atoms with E-state index in [0.29, 0.717) is 5.69 Å². The number of rotatable bonds is 5. The zero-order chi connectivity index (χ0) is 12.1. The van der Waals surface area contributed by atoms with Gasteiger partial charge in [-0.05, 0) is 37.5 Å². The Bertz CT molecular complexity index is 477. The fourth-order valence-electron chi connectivity index (χ4n) is 1.68. The van der Waals surface area contributed by atoms with E-state index in [4.69, 9.17) is 5.73 Å². The predicted molar refractivity (Wildman–Crippen MR) is 68.8 cm³/mol. The molecule has 0 unspecified atom stereocenters. The van der Waals surface area contributed by atoms with Crippen molar-refractivity contribution in [2.45, 2.75) is 19.8 Å². The maximum Gasteiger partial charge on any atom is 0.149 e. The number of H-pyrrole nitrogens is 1. The number of aromatic amines is 1. The molecule has 0 fully saturated rings. The van der Waals surface area contributed by atoms with Crippen molar-refractivity contribution < 1.29 is 0 Å². The van der Waals surface area contributed by atoms with E-state index in [9.17, 15) is 0 Å². The Kier molecular flexibility index (Phi) is 3.59. The van der Waals surface area contributed by atoms with E-state index in [-0.39, 0.29) is 0 Å². The van der Waals surface area contributed by atoms with Gasteiger partial charge < -0.3 is 11.1 Å². The molecule has 5 heteroatoms. The number of nitrogens with one attached hydrogen (secondary N) is 2. The first-order valence-electron chi connectivity index (χ1n) is 5.70. The topological polar surface area (TPSA) is 79.6 Å². The minimum Gasteiger partial charge on any atom is -0.396 e. The average molecular weight is 231 g/mol. The molecule has 17 heavy (non-hydrogen) atoms. The van der Waals surface area contributed by atoms with E-state index < -0.39 is 0 Å². The van der Waals surface area contributed by atoms with Crippen molar-refractivity contribution in [1.29, 1.82) is 0 Å². The lowest BCUT2D eigenvalue weighted by atomic mass is 10.1. The van der Waals surface area contributed by atoms with Crippen molar-refractivity contribution in [3.63, 3.8) is 0 Å². The number of pyridine rings is 1. The zero-order valence-corrected chi connectivity index (χ0v) is 9.90. The van der Waals surface area contributed by atoms with E-state index in [2.05, 4.69) is 20.5 Å². The summed E-state index contributed by atoms with van der Waals surface area (Å²) in [5, 5.41) is 10.2. The van der Waals surface area contributed by atoms with Crippen molar-refractivity contribution in [1.82, 2.24) is 15.2 Å². The Morgan fingerprint density at radius 3 is 3.06 bits per heavy atom. The molecule has 2 aromatic rings. The summed E-state index contributed by atoms with van der Waals surface area (Å²) in [7, 11) is 0. The Labute approximate surface area is 100 Å². The van der Waals surface area contributed by atoms with Crippen LogP contribution in [0.3, 0.4) is 0 Å². The standard InChI is InChI=1S/C12H17N5/c1-9-10(8-16-17-9)4-2-6-14-12-11(13)5-3-7-15-12/h3,5,7-8H,2,4,6,13H2,1H3,(H,14,15)(H,16,17). The van der Waals surface area contributed by atoms with Crippen molar-refractivity contribution in [2.75, 3.05) is 17.6 Å². The first-order valence-corrected chi connectivity index (χ1v) is 5.70. The molecular weight excluding hydrogens is 214 g/mol. The highest BCUT2D eigenvalue weighted by atomic mass is 15.1. The van der Waals surface area contributed by atoms with E-state index in [1.807, 2.05) is 25.3 Å². The summed E-state index contributed by atoms with van der Waals surface area (Å²) < 4.78 is 0. The van der Waals surface area contributed by atoms with Crippen LogP contribution in [0.15, 0.2) is 24.5 Å². The summed E-state index contributed by atoms with van der Waals surface area (Å²) in [5.74, 6) is 0.761. The van der Waals surface area contributed by atoms with Crippen LogP contribution >= 0.6 is 0 Å². The van der Waals surface area contributed by atoms with Gasteiger partial charge in [-0.25, -0.2) is 4.98 Å². The molecule has 2 heterocycles. The van der Waals surface area contributed by atoms with Gasteiger partial charge in [-0.3, -0.25) is 5.10 Å². The van der Waals surface area contributed by atoms with Crippen LogP contribution in [0.25, 0.3) is 0 Å². The SMILES string of the molecule is Cc1[nH]ncc1CCCNc1ncccc1N. The smallest absolute Gasteiger partial charge is 0.149 e. The second-order valence-electron chi connectivity index (χ2n) is 3.99. The minimum atomic E-state index is 0.687. The molecule has 0 radical (unpaired) electrons. The third-order valence-corrected chi connectivity index (χ3v) is 2.69. The third-order valence-electron chi connectivity index (χ3n) is 2.69. The van der Waals surface area contributed by atoms with E-state index >= 15 is 0 Å². The number of nitrogens with two attached hydrogens (primary N) is 1. The molecule has 2 rings (SSSR count). The molecule has 0 spiro atoms. The molecule has 0 aliphatic carbocycles. The summed E-state index contributed by atoms with van der Waals surface area (Å²) in [5.41, 5.74) is 8.87. The lowest BCUT2D eigenvalue weighted by Gasteiger charge is -2.07. The van der Waals surface area contributed by atoms with Crippen LogP contribution in [-0.2, 0) is 6.42 Å². The molecular formula is C12H17N5. The molecule has 0 bridgehead atoms. The van der Waals surface area contributed by atoms with Crippen LogP contribution in [0.5, 0.6) is 0 Å². The van der Waals surface area contributed by atoms with Crippen molar-refractivity contribution >= 4 is 11.5 Å². The summed E-state index contributed by atoms with van der Waals surface area (Å²) in [6, 6.07) is 3.67. The van der Waals surface area contributed by atoms with Crippen molar-refractivity contribution in [3.05, 3.63) is 35.8 Å². The maximum atomic E-state index is 5.78. The van der Waals surface area contributed by atoms with Crippen molar-refractivity contribution in [2.24, 2.45) is 0 Å². The van der Waals surface area contributed by atoms with Crippen molar-refractivity contribution in [3.8, 4) is 0 Å². The van der Waals surface area contributed by atoms with Crippen LogP contribution < -0.4 is 11.1 Å². The largest absolute Gasteiger partial charge is 0.396 e. The number of aryl methyl sites for hydroxylation is 2. The molecule has 0 aliphatic rings. The second kappa shape index (κ2) is 5.34. The molecule has 4 N–H and O–H groups in total. The number of anilines is 2. The summed E-state index contributed by atoms with van der Waals surface area (Å²) >= 11 is 0. The minimum absolute atomic E-state index is 0.687. The normalized spacial score (nSPS) is 10.4. The van der Waals surface area contributed by atoms with Gasteiger partial charge in [-0.15, -0.1) is 0 Å². The number of hydrogen-bond donors (Lipinski definition) is 3. The van der Waals surface area contributed by atoms with Crippen LogP contribution in [0.4, 0.5) is 11.5 Å². The number of nitrogen functional groups attached to an aromatic ring is 1. The van der Waals surface area contributed by atoms with Crippen LogP contribution in [0.1, 0.15) is 17.7 Å². The molecule has 0 amide bonds. The first kappa shape index (κ1) is 11.4. The van der Waals surface area contributed by atoms with E-state index in [1.165, 1.54) is 5.56 Å². The Hall–Kier alpha value is -2.04. The summed E-state index contributed by atoms with van der Waals surface area (Å²) in [4.78, 5) is 4.18. The molecule has 0 saturated heterocycles. The Morgan fingerprint density at radius 1 is 1.47 bits per heavy atom. The zero-order valence-electron chi connectivity index (χ0n) is 9.90. The van der Waals surface area contributed by atoms with Gasteiger partial charge >= 0.3 is 0 Å². The second-order valence-corrected chi connectivity index (χ2v) is 3.99. The van der Waals surface area contributed by atoms with Gasteiger partial charge in [0.15, 0.2) is 0 Å². The molecule has 2 aromatic heterocycles. The van der Waals surface area contributed by atoms with E-state index in [1.54, 1.807) is 6.20 Å². The quantitative estimate of drug-likeness (QED) is 0.685. The van der Waals surface area contributed by atoms with Crippen LogP contribution in [-0.4, -0.2) is 21.7 Å². The Balaban J connectivity index is 1.77. The van der Waals surface area contributed by atoms with Gasteiger partial charge in [0.2, 0.25) is 0 Å². The highest BCUT2D eigenvalue weighted by molar-refractivity contribution is 5.60. The average Bonchev–Trinajstić information content (AvgIpc) is 2.73. The fourth-order valence-corrected chi connectivity index (χ4v) is 1.68. The van der Waals surface area contributed by atoms with Gasteiger partial charge in [0.25, 0.3) is 0 Å². The molecule has 0 aromatic carbocycles. The van der Waals surface area contributed by atoms with Crippen LogP contribution in [0.2, 0.25) is 0 Å². The Morgan fingerprint density at radius 2 is 2.35 bits per heavy atom. The highest BCUT2D eigenvalue weighted by Gasteiger charge is 2.01. The highest BCUT2D eigenvalue weighted by Crippen LogP contribution is 2.13. The number of hydrogen-bond acceptors (Lipinski definition) is 4. The van der Waals surface area contributed by atoms with Crippen LogP contribution in [0, 0.1) is 6.92 Å². The summed E-state index contributed by atoms with van der Waals surface area (Å²) in [6.45, 7) is 2.89. The molecule has 90 valence electrons. The maximum absolute atomic E-state index is 5.78. The lowest BCUT2D eigenvalue weighted by Crippen LogP contribution is -2.06. The van der Waals surface area contributed by atoms with Gasteiger partial charge in [0.05, 0.1) is 11.9 Å². The van der Waals surface area contributed by atoms with Gasteiger partial charge in [0, 0.05) is 18.4 Å². The molecule has 0 saturated carbocycles. The van der Waals surface area contributed by atoms with E-state index in [0.717, 1.165) is 30.9 Å². The van der Waals surface area contributed by atoms with Gasteiger partial charge in [0.1, 0.15) is 5.82 Å². The monoisotopic (exact) mass is 231 g/mol. The van der Waals surface area contributed by atoms with Gasteiger partial charge in [-0.1, -0.05) is 0 Å². The summed E-state index contributed by atoms with van der Waals surface area (Å²) in [6.07, 6.45) is 5.64. The lowest BCUT2D eigenvalue weighted by molar-refractivity contribution is 0.854. The third kappa shape index (κ3) is 2.96. The molecule has 0 atom stereocenters. The number of aromatic nitrogens is 3. The molecule has 5 nitrogen and oxygen atoms in total. The predicted octanol–water partition coefficient (Wildman–Crippen LogP) is 1.74. The number of nitrogens with zero attached hydrogens (tertiary/aromatic N) is 2. The van der Waals surface area contributed by atoms with Gasteiger partial charge in [-0.2, -0.15) is 5.10 Å².